The zero-order valence-corrected chi connectivity index (χ0v) is 13.3. The van der Waals surface area contributed by atoms with Crippen molar-refractivity contribution < 1.29 is 14.0 Å². The lowest BCUT2D eigenvalue weighted by atomic mass is 10.1. The second-order valence-corrected chi connectivity index (χ2v) is 5.25. The van der Waals surface area contributed by atoms with Crippen molar-refractivity contribution in [3.63, 3.8) is 0 Å². The molecule has 2 aromatic carbocycles. The minimum absolute atomic E-state index is 0.228. The van der Waals surface area contributed by atoms with E-state index in [0.717, 1.165) is 0 Å². The molecule has 6 nitrogen and oxygen atoms in total. The summed E-state index contributed by atoms with van der Waals surface area (Å²) >= 11 is 0. The summed E-state index contributed by atoms with van der Waals surface area (Å²) in [7, 11) is 1.52. The van der Waals surface area contributed by atoms with Crippen molar-refractivity contribution in [3.8, 4) is 11.3 Å². The molecule has 0 unspecified atom stereocenters. The normalized spacial score (nSPS) is 10.3. The van der Waals surface area contributed by atoms with Crippen LogP contribution in [0.5, 0.6) is 0 Å². The van der Waals surface area contributed by atoms with Crippen LogP contribution in [0.1, 0.15) is 20.8 Å². The summed E-state index contributed by atoms with van der Waals surface area (Å²) in [5.74, 6) is -1.08. The molecular weight excluding hydrogens is 323 g/mol. The molecule has 2 amide bonds. The lowest BCUT2D eigenvalue weighted by molar-refractivity contribution is 0.0964. The molecule has 0 saturated carbocycles. The molecule has 3 rings (SSSR count). The van der Waals surface area contributed by atoms with Crippen LogP contribution in [0.2, 0.25) is 0 Å². The zero-order valence-electron chi connectivity index (χ0n) is 13.3. The lowest BCUT2D eigenvalue weighted by Crippen LogP contribution is -2.21. The average Bonchev–Trinajstić information content (AvgIpc) is 3.12. The van der Waals surface area contributed by atoms with Gasteiger partial charge in [0.05, 0.1) is 16.9 Å². The van der Waals surface area contributed by atoms with E-state index < -0.39 is 5.91 Å². The molecule has 1 aromatic heterocycles. The Morgan fingerprint density at radius 2 is 1.76 bits per heavy atom. The van der Waals surface area contributed by atoms with Crippen LogP contribution in [-0.4, -0.2) is 29.1 Å². The van der Waals surface area contributed by atoms with Gasteiger partial charge in [-0.3, -0.25) is 14.7 Å². The van der Waals surface area contributed by atoms with Crippen molar-refractivity contribution in [2.24, 2.45) is 0 Å². The molecule has 1 heterocycles. The Labute approximate surface area is 143 Å². The van der Waals surface area contributed by atoms with Gasteiger partial charge in [0.1, 0.15) is 11.5 Å². The molecule has 0 atom stereocenters. The number of aromatic nitrogens is 2. The third-order valence-corrected chi connectivity index (χ3v) is 3.61. The predicted molar refractivity (Wildman–Crippen MR) is 91.8 cm³/mol. The van der Waals surface area contributed by atoms with E-state index in [1.807, 2.05) is 0 Å². The Kier molecular flexibility index (Phi) is 4.56. The predicted octanol–water partition coefficient (Wildman–Crippen LogP) is 2.83. The first-order valence-electron chi connectivity index (χ1n) is 7.52. The second-order valence-electron chi connectivity index (χ2n) is 5.25. The summed E-state index contributed by atoms with van der Waals surface area (Å²) in [4.78, 5) is 24.3. The summed E-state index contributed by atoms with van der Waals surface area (Å²) in [6.45, 7) is 0. The van der Waals surface area contributed by atoms with Gasteiger partial charge in [-0.25, -0.2) is 4.39 Å². The van der Waals surface area contributed by atoms with Gasteiger partial charge in [0.15, 0.2) is 0 Å². The van der Waals surface area contributed by atoms with Gasteiger partial charge in [0.25, 0.3) is 11.8 Å². The molecule has 0 spiro atoms. The molecule has 0 radical (unpaired) electrons. The summed E-state index contributed by atoms with van der Waals surface area (Å²) in [5.41, 5.74) is 2.18. The first-order chi connectivity index (χ1) is 12.1. The molecule has 0 aliphatic heterocycles. The van der Waals surface area contributed by atoms with Gasteiger partial charge >= 0.3 is 0 Å². The monoisotopic (exact) mass is 338 g/mol. The van der Waals surface area contributed by atoms with Gasteiger partial charge in [-0.2, -0.15) is 5.10 Å². The van der Waals surface area contributed by atoms with Crippen LogP contribution in [0.15, 0.2) is 54.6 Å². The molecule has 25 heavy (non-hydrogen) atoms. The topological polar surface area (TPSA) is 86.9 Å². The zero-order chi connectivity index (χ0) is 17.8. The van der Waals surface area contributed by atoms with Gasteiger partial charge in [-0.1, -0.05) is 12.1 Å². The van der Waals surface area contributed by atoms with E-state index in [-0.39, 0.29) is 17.4 Å². The fourth-order valence-corrected chi connectivity index (χ4v) is 2.32. The van der Waals surface area contributed by atoms with Gasteiger partial charge in [0.2, 0.25) is 0 Å². The Hall–Kier alpha value is -3.48. The average molecular weight is 338 g/mol. The molecule has 3 aromatic rings. The van der Waals surface area contributed by atoms with Crippen molar-refractivity contribution in [1.29, 1.82) is 0 Å². The molecule has 3 N–H and O–H groups in total. The first kappa shape index (κ1) is 16.4. The molecular formula is C18H15FN4O2. The van der Waals surface area contributed by atoms with Gasteiger partial charge in [0, 0.05) is 12.6 Å². The number of aromatic amines is 1. The molecule has 7 heteroatoms. The number of nitrogens with zero attached hydrogens (tertiary/aromatic N) is 1. The van der Waals surface area contributed by atoms with Crippen LogP contribution in [0.4, 0.5) is 10.1 Å². The molecule has 126 valence electrons. The molecule has 0 aliphatic rings. The van der Waals surface area contributed by atoms with E-state index in [2.05, 4.69) is 20.8 Å². The van der Waals surface area contributed by atoms with Crippen LogP contribution >= 0.6 is 0 Å². The quantitative estimate of drug-likeness (QED) is 0.684. The summed E-state index contributed by atoms with van der Waals surface area (Å²) in [6, 6.07) is 14.0. The lowest BCUT2D eigenvalue weighted by Gasteiger charge is -2.08. The largest absolute Gasteiger partial charge is 0.355 e. The van der Waals surface area contributed by atoms with Crippen LogP contribution in [-0.2, 0) is 0 Å². The highest BCUT2D eigenvalue weighted by atomic mass is 19.1. The third kappa shape index (κ3) is 3.55. The number of rotatable bonds is 4. The van der Waals surface area contributed by atoms with Gasteiger partial charge in [-0.15, -0.1) is 0 Å². The minimum Gasteiger partial charge on any atom is -0.355 e. The fraction of sp³-hybridized carbons (Fsp3) is 0.0556. The van der Waals surface area contributed by atoms with Gasteiger partial charge < -0.3 is 10.6 Å². The Morgan fingerprint density at radius 3 is 2.48 bits per heavy atom. The standard InChI is InChI=1S/C18H15FN4O2/c1-20-17(24)13-4-2-3-5-14(13)21-18(25)16-10-15(22-23-16)11-6-8-12(19)9-7-11/h2-10H,1H3,(H,20,24)(H,21,25)(H,22,23). The number of carbonyl (C=O) groups excluding carboxylic acids is 2. The highest BCUT2D eigenvalue weighted by Gasteiger charge is 2.15. The van der Waals surface area contributed by atoms with Crippen molar-refractivity contribution in [2.45, 2.75) is 0 Å². The number of anilines is 1. The van der Waals surface area contributed by atoms with Crippen molar-refractivity contribution in [3.05, 3.63) is 71.7 Å². The van der Waals surface area contributed by atoms with E-state index in [4.69, 9.17) is 0 Å². The SMILES string of the molecule is CNC(=O)c1ccccc1NC(=O)c1cc(-c2ccc(F)cc2)n[nH]1. The van der Waals surface area contributed by atoms with Crippen LogP contribution in [0.25, 0.3) is 11.3 Å². The number of hydrogen-bond acceptors (Lipinski definition) is 3. The van der Waals surface area contributed by atoms with Crippen molar-refractivity contribution in [1.82, 2.24) is 15.5 Å². The first-order valence-corrected chi connectivity index (χ1v) is 7.52. The highest BCUT2D eigenvalue weighted by Crippen LogP contribution is 2.20. The number of benzene rings is 2. The van der Waals surface area contributed by atoms with Gasteiger partial charge in [-0.05, 0) is 42.5 Å². The van der Waals surface area contributed by atoms with Crippen molar-refractivity contribution in [2.75, 3.05) is 12.4 Å². The van der Waals surface area contributed by atoms with E-state index >= 15 is 0 Å². The van der Waals surface area contributed by atoms with E-state index in [9.17, 15) is 14.0 Å². The summed E-state index contributed by atoms with van der Waals surface area (Å²) in [6.07, 6.45) is 0. The maximum Gasteiger partial charge on any atom is 0.273 e. The van der Waals surface area contributed by atoms with E-state index in [0.29, 0.717) is 22.5 Å². The number of para-hydroxylation sites is 1. The Morgan fingerprint density at radius 1 is 1.04 bits per heavy atom. The van der Waals surface area contributed by atoms with Crippen LogP contribution in [0.3, 0.4) is 0 Å². The molecule has 0 fully saturated rings. The smallest absolute Gasteiger partial charge is 0.273 e. The van der Waals surface area contributed by atoms with E-state index in [1.165, 1.54) is 19.2 Å². The van der Waals surface area contributed by atoms with Crippen molar-refractivity contribution >= 4 is 17.5 Å². The van der Waals surface area contributed by atoms with E-state index in [1.54, 1.807) is 42.5 Å². The molecule has 0 aliphatic carbocycles. The maximum absolute atomic E-state index is 13.0. The molecule has 0 bridgehead atoms. The summed E-state index contributed by atoms with van der Waals surface area (Å²) < 4.78 is 13.0. The number of hydrogen-bond donors (Lipinski definition) is 3. The van der Waals surface area contributed by atoms with Crippen LogP contribution in [0, 0.1) is 5.82 Å². The second kappa shape index (κ2) is 6.96. The third-order valence-electron chi connectivity index (χ3n) is 3.61. The molecule has 0 saturated heterocycles. The Bertz CT molecular complexity index is 919. The number of amides is 2. The Balaban J connectivity index is 1.81. The number of nitrogens with one attached hydrogen (secondary N) is 3. The number of halogens is 1. The summed E-state index contributed by atoms with van der Waals surface area (Å²) in [5, 5.41) is 11.9. The highest BCUT2D eigenvalue weighted by molar-refractivity contribution is 6.08. The van der Waals surface area contributed by atoms with Crippen LogP contribution < -0.4 is 10.6 Å². The minimum atomic E-state index is -0.433. The fourth-order valence-electron chi connectivity index (χ4n) is 2.32. The maximum atomic E-state index is 13.0. The number of carbonyl (C=O) groups is 2. The number of H-pyrrole nitrogens is 1.